The minimum atomic E-state index is 0.737. The molecule has 0 unspecified atom stereocenters. The monoisotopic (exact) mass is 256 g/mol. The third-order valence-corrected chi connectivity index (χ3v) is 3.88. The second kappa shape index (κ2) is 4.68. The number of rotatable bonds is 3. The van der Waals surface area contributed by atoms with Crippen molar-refractivity contribution in [3.05, 3.63) is 30.1 Å². The van der Waals surface area contributed by atoms with Crippen LogP contribution in [0.1, 0.15) is 25.3 Å². The number of hydrogen-bond acceptors (Lipinski definition) is 3. The molecule has 1 aliphatic rings. The van der Waals surface area contributed by atoms with E-state index >= 15 is 0 Å². The van der Waals surface area contributed by atoms with Crippen LogP contribution in [0.25, 0.3) is 11.3 Å². The Morgan fingerprint density at radius 2 is 2.11 bits per heavy atom. The smallest absolute Gasteiger partial charge is 0.122 e. The second-order valence-corrected chi connectivity index (χ2v) is 5.83. The first-order valence-corrected chi connectivity index (χ1v) is 6.87. The lowest BCUT2D eigenvalue weighted by Gasteiger charge is -2.32. The van der Waals surface area contributed by atoms with Crippen LogP contribution in [0.4, 0.5) is 5.82 Å². The Hall–Kier alpha value is -1.84. The highest BCUT2D eigenvalue weighted by molar-refractivity contribution is 5.61. The van der Waals surface area contributed by atoms with Crippen molar-refractivity contribution in [2.75, 3.05) is 5.73 Å². The first kappa shape index (κ1) is 12.2. The van der Waals surface area contributed by atoms with Gasteiger partial charge in [-0.15, -0.1) is 0 Å². The third kappa shape index (κ3) is 2.48. The predicted molar refractivity (Wildman–Crippen MR) is 76.5 cm³/mol. The lowest BCUT2D eigenvalue weighted by atomic mass is 9.76. The van der Waals surface area contributed by atoms with Crippen molar-refractivity contribution in [1.29, 1.82) is 0 Å². The van der Waals surface area contributed by atoms with Crippen LogP contribution in [0.3, 0.4) is 0 Å². The van der Waals surface area contributed by atoms with Gasteiger partial charge in [0.05, 0.1) is 5.69 Å². The molecule has 0 saturated heterocycles. The van der Waals surface area contributed by atoms with E-state index in [0.29, 0.717) is 0 Å². The molecule has 0 radical (unpaired) electrons. The molecule has 0 amide bonds. The summed E-state index contributed by atoms with van der Waals surface area (Å²) >= 11 is 0. The molecular weight excluding hydrogens is 236 g/mol. The van der Waals surface area contributed by atoms with Crippen LogP contribution in [0.15, 0.2) is 24.5 Å². The van der Waals surface area contributed by atoms with E-state index in [0.717, 1.165) is 41.0 Å². The zero-order chi connectivity index (χ0) is 13.4. The van der Waals surface area contributed by atoms with Crippen molar-refractivity contribution in [2.45, 2.75) is 33.2 Å². The number of nitrogens with two attached hydrogens (primary N) is 1. The van der Waals surface area contributed by atoms with E-state index in [-0.39, 0.29) is 0 Å². The molecule has 2 heterocycles. The zero-order valence-corrected chi connectivity index (χ0v) is 11.5. The van der Waals surface area contributed by atoms with Crippen LogP contribution < -0.4 is 5.73 Å². The van der Waals surface area contributed by atoms with Crippen LogP contribution in [0.5, 0.6) is 0 Å². The minimum absolute atomic E-state index is 0.737. The highest BCUT2D eigenvalue weighted by atomic mass is 15.3. The summed E-state index contributed by atoms with van der Waals surface area (Å²) in [6.45, 7) is 5.27. The number of anilines is 1. The van der Waals surface area contributed by atoms with Crippen molar-refractivity contribution in [3.8, 4) is 11.3 Å². The Balaban J connectivity index is 1.81. The molecule has 2 aromatic rings. The van der Waals surface area contributed by atoms with Crippen molar-refractivity contribution in [1.82, 2.24) is 14.8 Å². The molecular formula is C15H20N4. The quantitative estimate of drug-likeness (QED) is 0.918. The topological polar surface area (TPSA) is 56.7 Å². The number of aromatic nitrogens is 3. The standard InChI is InChI=1S/C15H20N4/c1-10-3-12(4-10)9-19-15(16)6-14(18-19)13-5-11(2)7-17-8-13/h5-8,10,12H,3-4,9,16H2,1-2H3. The lowest BCUT2D eigenvalue weighted by molar-refractivity contribution is 0.183. The van der Waals surface area contributed by atoms with Gasteiger partial charge < -0.3 is 5.73 Å². The van der Waals surface area contributed by atoms with E-state index in [1.807, 2.05) is 30.1 Å². The van der Waals surface area contributed by atoms with Crippen LogP contribution in [-0.2, 0) is 6.54 Å². The minimum Gasteiger partial charge on any atom is -0.384 e. The molecule has 2 N–H and O–H groups in total. The van der Waals surface area contributed by atoms with E-state index < -0.39 is 0 Å². The Labute approximate surface area is 113 Å². The number of pyridine rings is 1. The second-order valence-electron chi connectivity index (χ2n) is 5.83. The Bertz CT molecular complexity index is 582. The molecule has 0 aliphatic heterocycles. The summed E-state index contributed by atoms with van der Waals surface area (Å²) in [6, 6.07) is 4.03. The summed E-state index contributed by atoms with van der Waals surface area (Å²) in [7, 11) is 0. The van der Waals surface area contributed by atoms with Crippen LogP contribution in [0.2, 0.25) is 0 Å². The summed E-state index contributed by atoms with van der Waals surface area (Å²) in [4.78, 5) is 4.21. The molecule has 19 heavy (non-hydrogen) atoms. The van der Waals surface area contributed by atoms with Gasteiger partial charge >= 0.3 is 0 Å². The SMILES string of the molecule is Cc1cncc(-c2cc(N)n(CC3CC(C)C3)n2)c1. The Morgan fingerprint density at radius 1 is 1.32 bits per heavy atom. The molecule has 1 aliphatic carbocycles. The van der Waals surface area contributed by atoms with Gasteiger partial charge in [-0.1, -0.05) is 6.92 Å². The first-order valence-electron chi connectivity index (χ1n) is 6.87. The van der Waals surface area contributed by atoms with Gasteiger partial charge in [-0.25, -0.2) is 4.68 Å². The molecule has 0 aromatic carbocycles. The number of hydrogen-bond donors (Lipinski definition) is 1. The number of nitrogen functional groups attached to an aromatic ring is 1. The number of aryl methyl sites for hydroxylation is 1. The fraction of sp³-hybridized carbons (Fsp3) is 0.467. The third-order valence-electron chi connectivity index (χ3n) is 3.88. The van der Waals surface area contributed by atoms with Crippen molar-refractivity contribution in [2.24, 2.45) is 11.8 Å². The van der Waals surface area contributed by atoms with E-state index in [2.05, 4.69) is 23.1 Å². The van der Waals surface area contributed by atoms with Gasteiger partial charge in [0, 0.05) is 30.6 Å². The van der Waals surface area contributed by atoms with E-state index in [1.54, 1.807) is 0 Å². The molecule has 0 bridgehead atoms. The maximum absolute atomic E-state index is 6.06. The fourth-order valence-corrected chi connectivity index (χ4v) is 2.88. The summed E-state index contributed by atoms with van der Waals surface area (Å²) in [5.41, 5.74) is 9.15. The highest BCUT2D eigenvalue weighted by Gasteiger charge is 2.26. The van der Waals surface area contributed by atoms with Crippen LogP contribution >= 0.6 is 0 Å². The molecule has 4 heteroatoms. The summed E-state index contributed by atoms with van der Waals surface area (Å²) in [6.07, 6.45) is 6.27. The maximum Gasteiger partial charge on any atom is 0.122 e. The van der Waals surface area contributed by atoms with Crippen LogP contribution in [0, 0.1) is 18.8 Å². The zero-order valence-electron chi connectivity index (χ0n) is 11.5. The Kier molecular flexibility index (Phi) is 3.01. The lowest BCUT2D eigenvalue weighted by Crippen LogP contribution is -2.26. The molecule has 1 saturated carbocycles. The van der Waals surface area contributed by atoms with Gasteiger partial charge in [0.2, 0.25) is 0 Å². The van der Waals surface area contributed by atoms with Gasteiger partial charge in [-0.3, -0.25) is 4.98 Å². The van der Waals surface area contributed by atoms with Gasteiger partial charge in [-0.2, -0.15) is 5.10 Å². The van der Waals surface area contributed by atoms with Crippen molar-refractivity contribution >= 4 is 5.82 Å². The van der Waals surface area contributed by atoms with Crippen molar-refractivity contribution in [3.63, 3.8) is 0 Å². The van der Waals surface area contributed by atoms with Crippen molar-refractivity contribution < 1.29 is 0 Å². The average Bonchev–Trinajstić information content (AvgIpc) is 2.69. The molecule has 4 nitrogen and oxygen atoms in total. The predicted octanol–water partition coefficient (Wildman–Crippen LogP) is 2.88. The summed E-state index contributed by atoms with van der Waals surface area (Å²) in [5.74, 6) is 2.35. The van der Waals surface area contributed by atoms with E-state index in [4.69, 9.17) is 5.73 Å². The largest absolute Gasteiger partial charge is 0.384 e. The van der Waals surface area contributed by atoms with Gasteiger partial charge in [-0.05, 0) is 43.2 Å². The number of nitrogens with zero attached hydrogens (tertiary/aromatic N) is 3. The molecule has 100 valence electrons. The summed E-state index contributed by atoms with van der Waals surface area (Å²) < 4.78 is 1.94. The maximum atomic E-state index is 6.06. The first-order chi connectivity index (χ1) is 9.11. The van der Waals surface area contributed by atoms with Crippen LogP contribution in [-0.4, -0.2) is 14.8 Å². The normalized spacial score (nSPS) is 22.2. The van der Waals surface area contributed by atoms with E-state index in [9.17, 15) is 0 Å². The molecule has 3 rings (SSSR count). The molecule has 2 aromatic heterocycles. The molecule has 1 fully saturated rings. The van der Waals surface area contributed by atoms with E-state index in [1.165, 1.54) is 12.8 Å². The molecule has 0 spiro atoms. The van der Waals surface area contributed by atoms with Gasteiger partial charge in [0.1, 0.15) is 5.82 Å². The Morgan fingerprint density at radius 3 is 2.79 bits per heavy atom. The fourth-order valence-electron chi connectivity index (χ4n) is 2.88. The molecule has 0 atom stereocenters. The average molecular weight is 256 g/mol. The highest BCUT2D eigenvalue weighted by Crippen LogP contribution is 2.34. The summed E-state index contributed by atoms with van der Waals surface area (Å²) in [5, 5.41) is 4.62. The van der Waals surface area contributed by atoms with Gasteiger partial charge in [0.15, 0.2) is 0 Å². The van der Waals surface area contributed by atoms with Gasteiger partial charge in [0.25, 0.3) is 0 Å².